The van der Waals surface area contributed by atoms with Gasteiger partial charge in [0.2, 0.25) is 0 Å². The molecule has 0 saturated heterocycles. The van der Waals surface area contributed by atoms with Crippen molar-refractivity contribution >= 4 is 27.5 Å². The smallest absolute Gasteiger partial charge is 0.149 e. The summed E-state index contributed by atoms with van der Waals surface area (Å²) in [5.41, 5.74) is 6.57. The van der Waals surface area contributed by atoms with Gasteiger partial charge in [0.25, 0.3) is 0 Å². The number of nitrogens with two attached hydrogens (primary N) is 1. The average Bonchev–Trinajstić information content (AvgIpc) is 2.34. The summed E-state index contributed by atoms with van der Waals surface area (Å²) in [6, 6.07) is 7.48. The summed E-state index contributed by atoms with van der Waals surface area (Å²) in [6.07, 6.45) is 4.05. The number of hydrogen-bond acceptors (Lipinski definition) is 3. The van der Waals surface area contributed by atoms with Crippen LogP contribution in [0.4, 0.5) is 0 Å². The first kappa shape index (κ1) is 13.3. The number of aromatic nitrogens is 1. The van der Waals surface area contributed by atoms with Crippen molar-refractivity contribution in [2.24, 2.45) is 5.73 Å². The summed E-state index contributed by atoms with van der Waals surface area (Å²) in [6.45, 7) is 0.549. The molecule has 94 valence electrons. The fraction of sp³-hybridized carbons (Fsp3) is 0.154. The lowest BCUT2D eigenvalue weighted by molar-refractivity contribution is 0.474. The van der Waals surface area contributed by atoms with Gasteiger partial charge in [-0.25, -0.2) is 0 Å². The molecule has 2 rings (SSSR count). The monoisotopic (exact) mass is 326 g/mol. The summed E-state index contributed by atoms with van der Waals surface area (Å²) < 4.78 is 6.65. The van der Waals surface area contributed by atoms with Crippen LogP contribution in [-0.4, -0.2) is 11.5 Å². The first-order chi connectivity index (χ1) is 8.70. The summed E-state index contributed by atoms with van der Waals surface area (Å²) in [5.74, 6) is 1.28. The second kappa shape index (κ2) is 6.18. The Bertz CT molecular complexity index is 548. The number of ether oxygens (including phenoxy) is 1. The zero-order valence-electron chi connectivity index (χ0n) is 9.57. The molecule has 0 radical (unpaired) electrons. The van der Waals surface area contributed by atoms with Crippen molar-refractivity contribution in [2.45, 2.75) is 6.42 Å². The van der Waals surface area contributed by atoms with Gasteiger partial charge in [-0.05, 0) is 46.6 Å². The fourth-order valence-electron chi connectivity index (χ4n) is 1.59. The van der Waals surface area contributed by atoms with Gasteiger partial charge < -0.3 is 10.5 Å². The molecule has 0 atom stereocenters. The van der Waals surface area contributed by atoms with Crippen LogP contribution in [0.15, 0.2) is 41.1 Å². The van der Waals surface area contributed by atoms with Crippen molar-refractivity contribution in [3.05, 3.63) is 51.7 Å². The van der Waals surface area contributed by atoms with Crippen LogP contribution >= 0.6 is 27.5 Å². The second-order valence-electron chi connectivity index (χ2n) is 3.71. The Balaban J connectivity index is 2.33. The number of nitrogens with zero attached hydrogens (tertiary/aromatic N) is 1. The van der Waals surface area contributed by atoms with Gasteiger partial charge in [0.1, 0.15) is 11.5 Å². The molecule has 0 aliphatic carbocycles. The van der Waals surface area contributed by atoms with E-state index in [0.717, 1.165) is 16.5 Å². The van der Waals surface area contributed by atoms with E-state index in [0.29, 0.717) is 23.1 Å². The first-order valence-corrected chi connectivity index (χ1v) is 6.63. The first-order valence-electron chi connectivity index (χ1n) is 5.46. The summed E-state index contributed by atoms with van der Waals surface area (Å²) in [4.78, 5) is 4.05. The molecular weight excluding hydrogens is 316 g/mol. The van der Waals surface area contributed by atoms with Crippen molar-refractivity contribution in [2.75, 3.05) is 6.54 Å². The van der Waals surface area contributed by atoms with E-state index in [1.807, 2.05) is 18.2 Å². The quantitative estimate of drug-likeness (QED) is 0.929. The molecule has 0 amide bonds. The topological polar surface area (TPSA) is 48.1 Å². The van der Waals surface area contributed by atoms with Crippen LogP contribution in [0, 0.1) is 0 Å². The molecule has 0 fully saturated rings. The van der Waals surface area contributed by atoms with E-state index in [9.17, 15) is 0 Å². The third-order valence-corrected chi connectivity index (χ3v) is 3.09. The maximum absolute atomic E-state index is 6.16. The lowest BCUT2D eigenvalue weighted by atomic mass is 10.1. The Morgan fingerprint density at radius 1 is 1.33 bits per heavy atom. The molecule has 1 aromatic heterocycles. The number of para-hydroxylation sites is 1. The number of hydrogen-bond donors (Lipinski definition) is 1. The number of pyridine rings is 1. The molecule has 2 aromatic rings. The molecule has 0 bridgehead atoms. The lowest BCUT2D eigenvalue weighted by Gasteiger charge is -2.12. The van der Waals surface area contributed by atoms with E-state index in [1.165, 1.54) is 0 Å². The molecule has 0 unspecified atom stereocenters. The number of rotatable bonds is 4. The highest BCUT2D eigenvalue weighted by Crippen LogP contribution is 2.33. The maximum atomic E-state index is 6.16. The van der Waals surface area contributed by atoms with Crippen molar-refractivity contribution in [3.8, 4) is 11.5 Å². The second-order valence-corrected chi connectivity index (χ2v) is 5.03. The Morgan fingerprint density at radius 3 is 2.89 bits per heavy atom. The minimum Gasteiger partial charge on any atom is -0.454 e. The van der Waals surface area contributed by atoms with Gasteiger partial charge in [0, 0.05) is 10.7 Å². The zero-order chi connectivity index (χ0) is 13.0. The van der Waals surface area contributed by atoms with E-state index in [2.05, 4.69) is 20.9 Å². The molecule has 0 saturated carbocycles. The SMILES string of the molecule is NCCc1cccc(Cl)c1Oc1cncc(Br)c1. The van der Waals surface area contributed by atoms with Crippen molar-refractivity contribution < 1.29 is 4.74 Å². The highest BCUT2D eigenvalue weighted by Gasteiger charge is 2.09. The van der Waals surface area contributed by atoms with Gasteiger partial charge >= 0.3 is 0 Å². The van der Waals surface area contributed by atoms with Gasteiger partial charge in [0.15, 0.2) is 0 Å². The summed E-state index contributed by atoms with van der Waals surface area (Å²) in [5, 5.41) is 0.570. The van der Waals surface area contributed by atoms with Crippen LogP contribution in [-0.2, 0) is 6.42 Å². The third kappa shape index (κ3) is 3.22. The lowest BCUT2D eigenvalue weighted by Crippen LogP contribution is -2.04. The Kier molecular flexibility index (Phi) is 4.58. The predicted molar refractivity (Wildman–Crippen MR) is 76.2 cm³/mol. The number of halogens is 2. The Morgan fingerprint density at radius 2 is 2.17 bits per heavy atom. The van der Waals surface area contributed by atoms with Gasteiger partial charge in [0.05, 0.1) is 11.2 Å². The minimum atomic E-state index is 0.549. The third-order valence-electron chi connectivity index (χ3n) is 2.36. The molecule has 0 aliphatic heterocycles. The van der Waals surface area contributed by atoms with Crippen LogP contribution in [0.2, 0.25) is 5.02 Å². The molecule has 2 N–H and O–H groups in total. The number of benzene rings is 1. The molecular formula is C13H12BrClN2O. The normalized spacial score (nSPS) is 10.4. The molecule has 5 heteroatoms. The van der Waals surface area contributed by atoms with Crippen LogP contribution < -0.4 is 10.5 Å². The van der Waals surface area contributed by atoms with E-state index in [-0.39, 0.29) is 0 Å². The van der Waals surface area contributed by atoms with Crippen molar-refractivity contribution in [1.29, 1.82) is 0 Å². The predicted octanol–water partition coefficient (Wildman–Crippen LogP) is 3.79. The molecule has 1 heterocycles. The Labute approximate surface area is 119 Å². The van der Waals surface area contributed by atoms with Crippen LogP contribution in [0.25, 0.3) is 0 Å². The van der Waals surface area contributed by atoms with Crippen LogP contribution in [0.5, 0.6) is 11.5 Å². The van der Waals surface area contributed by atoms with E-state index < -0.39 is 0 Å². The Hall–Kier alpha value is -1.10. The molecule has 1 aromatic carbocycles. The van der Waals surface area contributed by atoms with Crippen LogP contribution in [0.3, 0.4) is 0 Å². The fourth-order valence-corrected chi connectivity index (χ4v) is 2.16. The van der Waals surface area contributed by atoms with Crippen molar-refractivity contribution in [3.63, 3.8) is 0 Å². The summed E-state index contributed by atoms with van der Waals surface area (Å²) >= 11 is 9.50. The molecule has 0 aliphatic rings. The standard InChI is InChI=1S/C13H12BrClN2O/c14-10-6-11(8-17-7-10)18-13-9(4-5-16)2-1-3-12(13)15/h1-3,6-8H,4-5,16H2. The van der Waals surface area contributed by atoms with Crippen molar-refractivity contribution in [1.82, 2.24) is 4.98 Å². The maximum Gasteiger partial charge on any atom is 0.149 e. The van der Waals surface area contributed by atoms with Gasteiger partial charge in [-0.3, -0.25) is 4.98 Å². The molecule has 18 heavy (non-hydrogen) atoms. The van der Waals surface area contributed by atoms with Gasteiger partial charge in [-0.2, -0.15) is 0 Å². The van der Waals surface area contributed by atoms with Gasteiger partial charge in [-0.1, -0.05) is 23.7 Å². The molecule has 0 spiro atoms. The van der Waals surface area contributed by atoms with Crippen LogP contribution in [0.1, 0.15) is 5.56 Å². The molecule has 3 nitrogen and oxygen atoms in total. The minimum absolute atomic E-state index is 0.549. The van der Waals surface area contributed by atoms with Gasteiger partial charge in [-0.15, -0.1) is 0 Å². The highest BCUT2D eigenvalue weighted by molar-refractivity contribution is 9.10. The summed E-state index contributed by atoms with van der Waals surface area (Å²) in [7, 11) is 0. The van der Waals surface area contributed by atoms with E-state index in [1.54, 1.807) is 18.5 Å². The van der Waals surface area contributed by atoms with E-state index >= 15 is 0 Å². The largest absolute Gasteiger partial charge is 0.454 e. The zero-order valence-corrected chi connectivity index (χ0v) is 11.9. The highest BCUT2D eigenvalue weighted by atomic mass is 79.9. The average molecular weight is 328 g/mol. The van der Waals surface area contributed by atoms with E-state index in [4.69, 9.17) is 22.1 Å².